The van der Waals surface area contributed by atoms with Gasteiger partial charge in [-0.25, -0.2) is 0 Å². The molecular weight excluding hydrogens is 226 g/mol. The number of carbonyl (C=O) groups excluding carboxylic acids is 1. The van der Waals surface area contributed by atoms with E-state index in [4.69, 9.17) is 0 Å². The van der Waals surface area contributed by atoms with Crippen molar-refractivity contribution in [2.45, 2.75) is 39.2 Å². The van der Waals surface area contributed by atoms with Gasteiger partial charge < -0.3 is 10.4 Å². The number of carbonyl (C=O) groups is 1. The number of amides is 1. The minimum Gasteiger partial charge on any atom is -0.388 e. The molecule has 0 heterocycles. The van der Waals surface area contributed by atoms with Crippen molar-refractivity contribution in [3.05, 3.63) is 34.9 Å². The van der Waals surface area contributed by atoms with Crippen LogP contribution < -0.4 is 5.32 Å². The van der Waals surface area contributed by atoms with Crippen LogP contribution in [0.4, 0.5) is 0 Å². The smallest absolute Gasteiger partial charge is 0.251 e. The highest BCUT2D eigenvalue weighted by Crippen LogP contribution is 2.39. The lowest BCUT2D eigenvalue weighted by Crippen LogP contribution is -2.42. The van der Waals surface area contributed by atoms with E-state index in [0.717, 1.165) is 24.0 Å². The molecule has 0 aliphatic heterocycles. The van der Waals surface area contributed by atoms with Crippen LogP contribution in [-0.2, 0) is 0 Å². The van der Waals surface area contributed by atoms with Crippen LogP contribution in [0.1, 0.15) is 41.3 Å². The highest BCUT2D eigenvalue weighted by atomic mass is 16.3. The average Bonchev–Trinajstić information content (AvgIpc) is 3.08. The van der Waals surface area contributed by atoms with Gasteiger partial charge >= 0.3 is 0 Å². The maximum atomic E-state index is 12.0. The van der Waals surface area contributed by atoms with Crippen LogP contribution >= 0.6 is 0 Å². The van der Waals surface area contributed by atoms with Crippen LogP contribution in [-0.4, -0.2) is 23.2 Å². The van der Waals surface area contributed by atoms with E-state index in [-0.39, 0.29) is 5.91 Å². The lowest BCUT2D eigenvalue weighted by Gasteiger charge is -2.23. The van der Waals surface area contributed by atoms with Gasteiger partial charge in [0.2, 0.25) is 0 Å². The fourth-order valence-corrected chi connectivity index (χ4v) is 2.32. The number of hydrogen-bond acceptors (Lipinski definition) is 2. The lowest BCUT2D eigenvalue weighted by atomic mass is 10.0. The first-order chi connectivity index (χ1) is 8.38. The molecule has 1 saturated carbocycles. The molecular formula is C15H21NO2. The van der Waals surface area contributed by atoms with Gasteiger partial charge in [-0.05, 0) is 51.7 Å². The molecule has 1 fully saturated rings. The molecule has 98 valence electrons. The largest absolute Gasteiger partial charge is 0.388 e. The highest BCUT2D eigenvalue weighted by molar-refractivity contribution is 5.94. The summed E-state index contributed by atoms with van der Waals surface area (Å²) in [5.41, 5.74) is 2.05. The van der Waals surface area contributed by atoms with Crippen molar-refractivity contribution in [2.24, 2.45) is 5.92 Å². The van der Waals surface area contributed by atoms with Gasteiger partial charge in [0.05, 0.1) is 5.60 Å². The monoisotopic (exact) mass is 247 g/mol. The second-order valence-electron chi connectivity index (χ2n) is 5.69. The summed E-state index contributed by atoms with van der Waals surface area (Å²) in [6.07, 6.45) is 2.12. The normalized spacial score (nSPS) is 18.2. The van der Waals surface area contributed by atoms with E-state index in [1.807, 2.05) is 32.0 Å². The second kappa shape index (κ2) is 4.73. The lowest BCUT2D eigenvalue weighted by molar-refractivity contribution is 0.0354. The Balaban J connectivity index is 1.99. The summed E-state index contributed by atoms with van der Waals surface area (Å²) in [6.45, 7) is 6.07. The predicted octanol–water partition coefficient (Wildman–Crippen LogP) is 2.19. The van der Waals surface area contributed by atoms with Crippen molar-refractivity contribution in [1.82, 2.24) is 5.32 Å². The molecule has 0 bridgehead atoms. The number of benzene rings is 1. The minimum absolute atomic E-state index is 0.109. The predicted molar refractivity (Wildman–Crippen MR) is 71.6 cm³/mol. The molecule has 2 N–H and O–H groups in total. The molecule has 1 aromatic rings. The number of rotatable bonds is 4. The third kappa shape index (κ3) is 3.10. The molecule has 1 aromatic carbocycles. The summed E-state index contributed by atoms with van der Waals surface area (Å²) >= 11 is 0. The first-order valence-electron chi connectivity index (χ1n) is 6.47. The Morgan fingerprint density at radius 3 is 2.39 bits per heavy atom. The van der Waals surface area contributed by atoms with E-state index < -0.39 is 5.60 Å². The molecule has 0 radical (unpaired) electrons. The Bertz CT molecular complexity index is 441. The van der Waals surface area contributed by atoms with Gasteiger partial charge in [0, 0.05) is 12.1 Å². The van der Waals surface area contributed by atoms with Gasteiger partial charge in [-0.15, -0.1) is 0 Å². The highest BCUT2D eigenvalue weighted by Gasteiger charge is 2.39. The molecule has 1 unspecified atom stereocenters. The maximum Gasteiger partial charge on any atom is 0.251 e. The Morgan fingerprint density at radius 2 is 1.89 bits per heavy atom. The van der Waals surface area contributed by atoms with Gasteiger partial charge in [0.1, 0.15) is 0 Å². The summed E-state index contributed by atoms with van der Waals surface area (Å²) in [5.74, 6) is 0.236. The summed E-state index contributed by atoms with van der Waals surface area (Å²) in [4.78, 5) is 12.0. The quantitative estimate of drug-likeness (QED) is 0.857. The number of nitrogens with one attached hydrogen (secondary N) is 1. The topological polar surface area (TPSA) is 49.3 Å². The SMILES string of the molecule is Cc1cc(C)cc(C(=O)NCC(C)(O)C2CC2)c1. The Kier molecular flexibility index (Phi) is 3.44. The van der Waals surface area contributed by atoms with E-state index >= 15 is 0 Å². The average molecular weight is 247 g/mol. The third-order valence-corrected chi connectivity index (χ3v) is 3.55. The van der Waals surface area contributed by atoms with Gasteiger partial charge in [-0.1, -0.05) is 17.2 Å². The number of aliphatic hydroxyl groups is 1. The van der Waals surface area contributed by atoms with Crippen molar-refractivity contribution >= 4 is 5.91 Å². The standard InChI is InChI=1S/C15H21NO2/c1-10-6-11(2)8-12(7-10)14(17)16-9-15(3,18)13-4-5-13/h6-8,13,18H,4-5,9H2,1-3H3,(H,16,17). The number of aryl methyl sites for hydroxylation is 2. The van der Waals surface area contributed by atoms with Crippen molar-refractivity contribution in [2.75, 3.05) is 6.54 Å². The van der Waals surface area contributed by atoms with E-state index in [9.17, 15) is 9.90 Å². The summed E-state index contributed by atoms with van der Waals surface area (Å²) in [5, 5.41) is 13.0. The van der Waals surface area contributed by atoms with Crippen molar-refractivity contribution in [3.8, 4) is 0 Å². The number of hydrogen-bond donors (Lipinski definition) is 2. The molecule has 1 amide bonds. The maximum absolute atomic E-state index is 12.0. The van der Waals surface area contributed by atoms with Crippen LogP contribution in [0.3, 0.4) is 0 Å². The van der Waals surface area contributed by atoms with E-state index in [0.29, 0.717) is 18.0 Å². The Hall–Kier alpha value is -1.35. The molecule has 18 heavy (non-hydrogen) atoms. The van der Waals surface area contributed by atoms with Crippen molar-refractivity contribution < 1.29 is 9.90 Å². The van der Waals surface area contributed by atoms with Gasteiger partial charge in [-0.2, -0.15) is 0 Å². The van der Waals surface area contributed by atoms with E-state index in [2.05, 4.69) is 5.32 Å². The molecule has 2 rings (SSSR count). The molecule has 0 saturated heterocycles. The first-order valence-corrected chi connectivity index (χ1v) is 6.47. The van der Waals surface area contributed by atoms with Crippen LogP contribution in [0.2, 0.25) is 0 Å². The third-order valence-electron chi connectivity index (χ3n) is 3.55. The summed E-state index contributed by atoms with van der Waals surface area (Å²) in [6, 6.07) is 5.78. The van der Waals surface area contributed by atoms with E-state index in [1.54, 1.807) is 6.92 Å². The molecule has 0 spiro atoms. The molecule has 1 atom stereocenters. The van der Waals surface area contributed by atoms with Crippen LogP contribution in [0, 0.1) is 19.8 Å². The zero-order valence-electron chi connectivity index (χ0n) is 11.3. The van der Waals surface area contributed by atoms with Crippen molar-refractivity contribution in [1.29, 1.82) is 0 Å². The Morgan fingerprint density at radius 1 is 1.33 bits per heavy atom. The van der Waals surface area contributed by atoms with Gasteiger partial charge in [0.25, 0.3) is 5.91 Å². The zero-order chi connectivity index (χ0) is 13.3. The molecule has 1 aliphatic rings. The van der Waals surface area contributed by atoms with E-state index in [1.165, 1.54) is 0 Å². The fraction of sp³-hybridized carbons (Fsp3) is 0.533. The van der Waals surface area contributed by atoms with Crippen molar-refractivity contribution in [3.63, 3.8) is 0 Å². The minimum atomic E-state index is -0.769. The van der Waals surface area contributed by atoms with Gasteiger partial charge in [-0.3, -0.25) is 4.79 Å². The zero-order valence-corrected chi connectivity index (χ0v) is 11.3. The first kappa shape index (κ1) is 13.1. The molecule has 3 nitrogen and oxygen atoms in total. The van der Waals surface area contributed by atoms with Gasteiger partial charge in [0.15, 0.2) is 0 Å². The van der Waals surface area contributed by atoms with Crippen LogP contribution in [0.5, 0.6) is 0 Å². The fourth-order valence-electron chi connectivity index (χ4n) is 2.32. The molecule has 3 heteroatoms. The van der Waals surface area contributed by atoms with Crippen LogP contribution in [0.15, 0.2) is 18.2 Å². The Labute approximate surface area is 108 Å². The molecule has 0 aromatic heterocycles. The second-order valence-corrected chi connectivity index (χ2v) is 5.69. The van der Waals surface area contributed by atoms with Crippen LogP contribution in [0.25, 0.3) is 0 Å². The summed E-state index contributed by atoms with van der Waals surface area (Å²) in [7, 11) is 0. The molecule has 1 aliphatic carbocycles. The summed E-state index contributed by atoms with van der Waals surface area (Å²) < 4.78 is 0.